The SMILES string of the molecule is CCOC(C)C(=O)N1CCOCC1CC(=O)O. The zero-order valence-corrected chi connectivity index (χ0v) is 10.2. The quantitative estimate of drug-likeness (QED) is 0.744. The third-order valence-electron chi connectivity index (χ3n) is 2.69. The van der Waals surface area contributed by atoms with Crippen LogP contribution < -0.4 is 0 Å². The van der Waals surface area contributed by atoms with Crippen LogP contribution in [-0.2, 0) is 19.1 Å². The van der Waals surface area contributed by atoms with Gasteiger partial charge in [-0.3, -0.25) is 9.59 Å². The van der Waals surface area contributed by atoms with Crippen LogP contribution in [0.15, 0.2) is 0 Å². The van der Waals surface area contributed by atoms with Crippen LogP contribution in [0.1, 0.15) is 20.3 Å². The standard InChI is InChI=1S/C11H19NO5/c1-3-17-8(2)11(15)12-4-5-16-7-9(12)6-10(13)14/h8-9H,3-7H2,1-2H3,(H,13,14). The van der Waals surface area contributed by atoms with E-state index in [0.717, 1.165) is 0 Å². The molecule has 1 aliphatic heterocycles. The molecule has 0 spiro atoms. The van der Waals surface area contributed by atoms with Crippen molar-refractivity contribution >= 4 is 11.9 Å². The van der Waals surface area contributed by atoms with Gasteiger partial charge in [-0.25, -0.2) is 0 Å². The molecule has 2 unspecified atom stereocenters. The summed E-state index contributed by atoms with van der Waals surface area (Å²) >= 11 is 0. The number of carbonyl (C=O) groups is 2. The predicted molar refractivity (Wildman–Crippen MR) is 59.7 cm³/mol. The number of aliphatic carboxylic acids is 1. The highest BCUT2D eigenvalue weighted by Gasteiger charge is 2.31. The Kier molecular flexibility index (Phi) is 5.37. The van der Waals surface area contributed by atoms with Crippen molar-refractivity contribution in [1.29, 1.82) is 0 Å². The molecule has 1 rings (SSSR count). The van der Waals surface area contributed by atoms with Crippen molar-refractivity contribution in [2.45, 2.75) is 32.4 Å². The van der Waals surface area contributed by atoms with Gasteiger partial charge in [0.15, 0.2) is 0 Å². The Morgan fingerprint density at radius 2 is 2.29 bits per heavy atom. The van der Waals surface area contributed by atoms with Gasteiger partial charge in [-0.2, -0.15) is 0 Å². The maximum Gasteiger partial charge on any atom is 0.305 e. The third-order valence-corrected chi connectivity index (χ3v) is 2.69. The highest BCUT2D eigenvalue weighted by molar-refractivity contribution is 5.81. The van der Waals surface area contributed by atoms with Gasteiger partial charge in [0, 0.05) is 13.2 Å². The van der Waals surface area contributed by atoms with E-state index in [1.165, 1.54) is 0 Å². The lowest BCUT2D eigenvalue weighted by Crippen LogP contribution is -2.52. The summed E-state index contributed by atoms with van der Waals surface area (Å²) in [7, 11) is 0. The first-order valence-electron chi connectivity index (χ1n) is 5.77. The molecule has 17 heavy (non-hydrogen) atoms. The van der Waals surface area contributed by atoms with Crippen LogP contribution in [0, 0.1) is 0 Å². The monoisotopic (exact) mass is 245 g/mol. The maximum absolute atomic E-state index is 12.0. The van der Waals surface area contributed by atoms with E-state index in [4.69, 9.17) is 14.6 Å². The van der Waals surface area contributed by atoms with Gasteiger partial charge in [0.2, 0.25) is 0 Å². The van der Waals surface area contributed by atoms with Gasteiger partial charge in [-0.15, -0.1) is 0 Å². The highest BCUT2D eigenvalue weighted by atomic mass is 16.5. The minimum Gasteiger partial charge on any atom is -0.481 e. The molecule has 1 N–H and O–H groups in total. The molecule has 6 nitrogen and oxygen atoms in total. The first-order chi connectivity index (χ1) is 8.06. The Morgan fingerprint density at radius 1 is 1.59 bits per heavy atom. The first-order valence-corrected chi connectivity index (χ1v) is 5.77. The molecule has 1 fully saturated rings. The number of hydrogen-bond donors (Lipinski definition) is 1. The van der Waals surface area contributed by atoms with Crippen LogP contribution in [-0.4, -0.2) is 60.4 Å². The molecule has 6 heteroatoms. The summed E-state index contributed by atoms with van der Waals surface area (Å²) in [5, 5.41) is 8.78. The van der Waals surface area contributed by atoms with Gasteiger partial charge < -0.3 is 19.5 Å². The Morgan fingerprint density at radius 3 is 2.88 bits per heavy atom. The Balaban J connectivity index is 2.63. The van der Waals surface area contributed by atoms with Crippen molar-refractivity contribution in [2.75, 3.05) is 26.4 Å². The molecule has 98 valence electrons. The number of hydrogen-bond acceptors (Lipinski definition) is 4. The fourth-order valence-corrected chi connectivity index (χ4v) is 1.87. The second kappa shape index (κ2) is 6.56. The van der Waals surface area contributed by atoms with Crippen molar-refractivity contribution in [2.24, 2.45) is 0 Å². The molecule has 2 atom stereocenters. The van der Waals surface area contributed by atoms with Crippen LogP contribution in [0.3, 0.4) is 0 Å². The zero-order valence-electron chi connectivity index (χ0n) is 10.2. The second-order valence-electron chi connectivity index (χ2n) is 3.96. The molecule has 0 aromatic rings. The lowest BCUT2D eigenvalue weighted by Gasteiger charge is -2.36. The van der Waals surface area contributed by atoms with Gasteiger partial charge >= 0.3 is 5.97 Å². The molecule has 1 aliphatic rings. The molecule has 0 radical (unpaired) electrons. The summed E-state index contributed by atoms with van der Waals surface area (Å²) in [6.07, 6.45) is -0.626. The molecule has 1 heterocycles. The Bertz CT molecular complexity index is 281. The highest BCUT2D eigenvalue weighted by Crippen LogP contribution is 2.13. The molecular weight excluding hydrogens is 226 g/mol. The number of carboxylic acids is 1. The summed E-state index contributed by atoms with van der Waals surface area (Å²) < 4.78 is 10.4. The summed E-state index contributed by atoms with van der Waals surface area (Å²) in [6, 6.07) is -0.392. The van der Waals surface area contributed by atoms with Gasteiger partial charge in [0.25, 0.3) is 5.91 Å². The molecule has 0 aromatic carbocycles. The number of carboxylic acid groups (broad SMARTS) is 1. The van der Waals surface area contributed by atoms with Crippen LogP contribution in [0.2, 0.25) is 0 Å². The number of carbonyl (C=O) groups excluding carboxylic acids is 1. The van der Waals surface area contributed by atoms with E-state index in [2.05, 4.69) is 0 Å². The van der Waals surface area contributed by atoms with Crippen molar-refractivity contribution < 1.29 is 24.2 Å². The second-order valence-corrected chi connectivity index (χ2v) is 3.96. The van der Waals surface area contributed by atoms with E-state index in [1.807, 2.05) is 6.92 Å². The van der Waals surface area contributed by atoms with Gasteiger partial charge in [-0.05, 0) is 13.8 Å². The van der Waals surface area contributed by atoms with Crippen LogP contribution in [0.25, 0.3) is 0 Å². The molecule has 0 bridgehead atoms. The van der Waals surface area contributed by atoms with E-state index < -0.39 is 18.1 Å². The number of morpholine rings is 1. The van der Waals surface area contributed by atoms with E-state index in [0.29, 0.717) is 19.8 Å². The van der Waals surface area contributed by atoms with Crippen LogP contribution >= 0.6 is 0 Å². The van der Waals surface area contributed by atoms with E-state index >= 15 is 0 Å². The normalized spacial score (nSPS) is 22.2. The minimum atomic E-state index is -0.928. The van der Waals surface area contributed by atoms with E-state index in [9.17, 15) is 9.59 Å². The van der Waals surface area contributed by atoms with Gasteiger partial charge in [0.1, 0.15) is 6.10 Å². The Labute approximate surface area is 100 Å². The van der Waals surface area contributed by atoms with Crippen LogP contribution in [0.4, 0.5) is 0 Å². The molecule has 1 saturated heterocycles. The summed E-state index contributed by atoms with van der Waals surface area (Å²) in [5.41, 5.74) is 0. The van der Waals surface area contributed by atoms with Crippen molar-refractivity contribution in [1.82, 2.24) is 4.90 Å². The van der Waals surface area contributed by atoms with Gasteiger partial charge in [0.05, 0.1) is 25.7 Å². The van der Waals surface area contributed by atoms with Crippen molar-refractivity contribution in [3.8, 4) is 0 Å². The lowest BCUT2D eigenvalue weighted by atomic mass is 10.1. The maximum atomic E-state index is 12.0. The lowest BCUT2D eigenvalue weighted by molar-refractivity contribution is -0.154. The number of ether oxygens (including phenoxy) is 2. The fraction of sp³-hybridized carbons (Fsp3) is 0.818. The van der Waals surface area contributed by atoms with Crippen molar-refractivity contribution in [3.05, 3.63) is 0 Å². The van der Waals surface area contributed by atoms with E-state index in [-0.39, 0.29) is 18.9 Å². The molecule has 1 amide bonds. The summed E-state index contributed by atoms with van der Waals surface area (Å²) in [4.78, 5) is 24.3. The number of rotatable bonds is 5. The average molecular weight is 245 g/mol. The molecule has 0 aliphatic carbocycles. The Hall–Kier alpha value is -1.14. The molecule has 0 aromatic heterocycles. The topological polar surface area (TPSA) is 76.1 Å². The third kappa shape index (κ3) is 3.98. The molecular formula is C11H19NO5. The zero-order chi connectivity index (χ0) is 12.8. The predicted octanol–water partition coefficient (Wildman–Crippen LogP) is 0.114. The summed E-state index contributed by atoms with van der Waals surface area (Å²) in [6.45, 7) is 5.10. The first kappa shape index (κ1) is 13.9. The van der Waals surface area contributed by atoms with Gasteiger partial charge in [-0.1, -0.05) is 0 Å². The largest absolute Gasteiger partial charge is 0.481 e. The number of nitrogens with zero attached hydrogens (tertiary/aromatic N) is 1. The fourth-order valence-electron chi connectivity index (χ4n) is 1.87. The number of amides is 1. The van der Waals surface area contributed by atoms with Crippen molar-refractivity contribution in [3.63, 3.8) is 0 Å². The summed E-state index contributed by atoms with van der Waals surface area (Å²) in [5.74, 6) is -1.09. The molecule has 0 saturated carbocycles. The van der Waals surface area contributed by atoms with Crippen LogP contribution in [0.5, 0.6) is 0 Å². The smallest absolute Gasteiger partial charge is 0.305 e. The average Bonchev–Trinajstić information content (AvgIpc) is 2.28. The van der Waals surface area contributed by atoms with E-state index in [1.54, 1.807) is 11.8 Å². The minimum absolute atomic E-state index is 0.0927.